The third-order valence-electron chi connectivity index (χ3n) is 3.43. The average molecular weight is 326 g/mol. The molecule has 0 heterocycles. The van der Waals surface area contributed by atoms with Crippen molar-refractivity contribution in [1.82, 2.24) is 0 Å². The molecule has 0 fully saturated rings. The second-order valence-electron chi connectivity index (χ2n) is 5.46. The SMILES string of the molecule is CN(C)c1cccc(C(O)C(F)(F)Cc2cccc(Cl)c2)c1. The van der Waals surface area contributed by atoms with Crippen LogP contribution >= 0.6 is 11.6 Å². The fourth-order valence-electron chi connectivity index (χ4n) is 2.23. The number of anilines is 1. The normalized spacial score (nSPS) is 13.0. The standard InChI is InChI=1S/C17H18ClF2NO/c1-21(2)15-8-4-6-13(10-15)16(22)17(19,20)11-12-5-3-7-14(18)9-12/h3-10,16,22H,11H2,1-2H3. The minimum Gasteiger partial charge on any atom is -0.382 e. The minimum atomic E-state index is -3.28. The van der Waals surface area contributed by atoms with Crippen molar-refractivity contribution in [2.24, 2.45) is 0 Å². The molecule has 1 atom stereocenters. The van der Waals surface area contributed by atoms with E-state index in [9.17, 15) is 13.9 Å². The van der Waals surface area contributed by atoms with Gasteiger partial charge in [0.25, 0.3) is 5.92 Å². The lowest BCUT2D eigenvalue weighted by molar-refractivity contribution is -0.109. The molecule has 118 valence electrons. The van der Waals surface area contributed by atoms with E-state index < -0.39 is 18.4 Å². The van der Waals surface area contributed by atoms with Gasteiger partial charge in [0.2, 0.25) is 0 Å². The molecule has 22 heavy (non-hydrogen) atoms. The third-order valence-corrected chi connectivity index (χ3v) is 3.67. The molecule has 0 saturated heterocycles. The molecule has 1 unspecified atom stereocenters. The number of rotatable bonds is 5. The molecule has 0 bridgehead atoms. The van der Waals surface area contributed by atoms with Crippen molar-refractivity contribution in [1.29, 1.82) is 0 Å². The molecular weight excluding hydrogens is 308 g/mol. The second kappa shape index (κ2) is 6.63. The highest BCUT2D eigenvalue weighted by molar-refractivity contribution is 6.30. The van der Waals surface area contributed by atoms with Gasteiger partial charge in [-0.15, -0.1) is 0 Å². The van der Waals surface area contributed by atoms with E-state index in [1.807, 2.05) is 14.1 Å². The predicted molar refractivity (Wildman–Crippen MR) is 85.8 cm³/mol. The Morgan fingerprint density at radius 3 is 2.45 bits per heavy atom. The van der Waals surface area contributed by atoms with Crippen molar-refractivity contribution in [3.8, 4) is 0 Å². The third kappa shape index (κ3) is 3.96. The molecular formula is C17H18ClF2NO. The van der Waals surface area contributed by atoms with Gasteiger partial charge in [-0.1, -0.05) is 35.9 Å². The topological polar surface area (TPSA) is 23.5 Å². The van der Waals surface area contributed by atoms with Crippen molar-refractivity contribution in [3.05, 3.63) is 64.7 Å². The molecule has 0 saturated carbocycles. The van der Waals surface area contributed by atoms with Gasteiger partial charge < -0.3 is 10.0 Å². The Morgan fingerprint density at radius 1 is 1.14 bits per heavy atom. The Kier molecular flexibility index (Phi) is 5.04. The molecule has 2 nitrogen and oxygen atoms in total. The van der Waals surface area contributed by atoms with Crippen molar-refractivity contribution >= 4 is 17.3 Å². The quantitative estimate of drug-likeness (QED) is 0.885. The summed E-state index contributed by atoms with van der Waals surface area (Å²) >= 11 is 5.81. The molecule has 0 spiro atoms. The highest BCUT2D eigenvalue weighted by Crippen LogP contribution is 2.35. The molecule has 0 aliphatic rings. The summed E-state index contributed by atoms with van der Waals surface area (Å²) in [5.41, 5.74) is 1.34. The van der Waals surface area contributed by atoms with E-state index >= 15 is 0 Å². The van der Waals surface area contributed by atoms with Gasteiger partial charge in [-0.3, -0.25) is 0 Å². The molecule has 2 aromatic carbocycles. The Bertz CT molecular complexity index is 646. The Labute approximate surface area is 134 Å². The van der Waals surface area contributed by atoms with E-state index in [1.54, 1.807) is 41.3 Å². The molecule has 0 amide bonds. The van der Waals surface area contributed by atoms with Crippen LogP contribution in [0.15, 0.2) is 48.5 Å². The van der Waals surface area contributed by atoms with Gasteiger partial charge in [0.05, 0.1) is 0 Å². The maximum atomic E-state index is 14.3. The Balaban J connectivity index is 2.22. The van der Waals surface area contributed by atoms with Gasteiger partial charge >= 0.3 is 0 Å². The van der Waals surface area contributed by atoms with Crippen molar-refractivity contribution in [3.63, 3.8) is 0 Å². The predicted octanol–water partition coefficient (Wildman–Crippen LogP) is 4.32. The average Bonchev–Trinajstić information content (AvgIpc) is 2.46. The van der Waals surface area contributed by atoms with E-state index in [0.717, 1.165) is 5.69 Å². The summed E-state index contributed by atoms with van der Waals surface area (Å²) < 4.78 is 28.7. The summed E-state index contributed by atoms with van der Waals surface area (Å²) in [4.78, 5) is 1.80. The van der Waals surface area contributed by atoms with Gasteiger partial charge in [0, 0.05) is 31.2 Å². The molecule has 2 aromatic rings. The van der Waals surface area contributed by atoms with Crippen LogP contribution in [0.25, 0.3) is 0 Å². The van der Waals surface area contributed by atoms with Gasteiger partial charge in [-0.25, -0.2) is 8.78 Å². The molecule has 0 radical (unpaired) electrons. The lowest BCUT2D eigenvalue weighted by atomic mass is 9.97. The zero-order valence-electron chi connectivity index (χ0n) is 12.4. The summed E-state index contributed by atoms with van der Waals surface area (Å²) in [6, 6.07) is 12.8. The molecule has 5 heteroatoms. The first-order valence-electron chi connectivity index (χ1n) is 6.87. The number of aliphatic hydroxyl groups is 1. The van der Waals surface area contributed by atoms with Crippen LogP contribution in [0.2, 0.25) is 5.02 Å². The summed E-state index contributed by atoms with van der Waals surface area (Å²) in [5.74, 6) is -3.28. The van der Waals surface area contributed by atoms with Crippen LogP contribution in [-0.2, 0) is 6.42 Å². The Hall–Kier alpha value is -1.65. The van der Waals surface area contributed by atoms with Gasteiger partial charge in [-0.05, 0) is 35.4 Å². The van der Waals surface area contributed by atoms with Crippen molar-refractivity contribution in [2.45, 2.75) is 18.4 Å². The number of alkyl halides is 2. The molecule has 0 aromatic heterocycles. The first-order chi connectivity index (χ1) is 10.3. The van der Waals surface area contributed by atoms with E-state index in [4.69, 9.17) is 11.6 Å². The lowest BCUT2D eigenvalue weighted by Gasteiger charge is -2.24. The second-order valence-corrected chi connectivity index (χ2v) is 5.90. The number of nitrogens with zero attached hydrogens (tertiary/aromatic N) is 1. The van der Waals surface area contributed by atoms with E-state index in [2.05, 4.69) is 0 Å². The van der Waals surface area contributed by atoms with Crippen LogP contribution in [0.1, 0.15) is 17.2 Å². The molecule has 0 aliphatic heterocycles. The van der Waals surface area contributed by atoms with E-state index in [0.29, 0.717) is 10.6 Å². The molecule has 0 aliphatic carbocycles. The summed E-state index contributed by atoms with van der Waals surface area (Å²) in [6.07, 6.45) is -2.44. The Morgan fingerprint density at radius 2 is 1.82 bits per heavy atom. The van der Waals surface area contributed by atoms with Crippen LogP contribution in [0.4, 0.5) is 14.5 Å². The van der Waals surface area contributed by atoms with Gasteiger partial charge in [-0.2, -0.15) is 0 Å². The highest BCUT2D eigenvalue weighted by atomic mass is 35.5. The van der Waals surface area contributed by atoms with Crippen molar-refractivity contribution in [2.75, 3.05) is 19.0 Å². The first kappa shape index (κ1) is 16.7. The summed E-state index contributed by atoms with van der Waals surface area (Å²) in [5, 5.41) is 10.5. The van der Waals surface area contributed by atoms with Crippen LogP contribution in [0.5, 0.6) is 0 Å². The number of aliphatic hydroxyl groups excluding tert-OH is 1. The number of benzene rings is 2. The van der Waals surface area contributed by atoms with Crippen LogP contribution in [0, 0.1) is 0 Å². The van der Waals surface area contributed by atoms with Crippen molar-refractivity contribution < 1.29 is 13.9 Å². The molecule has 1 N–H and O–H groups in total. The van der Waals surface area contributed by atoms with Crippen LogP contribution in [0.3, 0.4) is 0 Å². The smallest absolute Gasteiger partial charge is 0.281 e. The largest absolute Gasteiger partial charge is 0.382 e. The van der Waals surface area contributed by atoms with Gasteiger partial charge in [0.15, 0.2) is 0 Å². The zero-order chi connectivity index (χ0) is 16.3. The zero-order valence-corrected chi connectivity index (χ0v) is 13.2. The van der Waals surface area contributed by atoms with Crippen LogP contribution in [-0.4, -0.2) is 25.1 Å². The minimum absolute atomic E-state index is 0.193. The number of halogens is 3. The van der Waals surface area contributed by atoms with Gasteiger partial charge in [0.1, 0.15) is 6.10 Å². The fourth-order valence-corrected chi connectivity index (χ4v) is 2.45. The number of hydrogen-bond acceptors (Lipinski definition) is 2. The van der Waals surface area contributed by atoms with Crippen LogP contribution < -0.4 is 4.90 Å². The monoisotopic (exact) mass is 325 g/mol. The first-order valence-corrected chi connectivity index (χ1v) is 7.25. The highest BCUT2D eigenvalue weighted by Gasteiger charge is 2.39. The number of hydrogen-bond donors (Lipinski definition) is 1. The maximum absolute atomic E-state index is 14.3. The maximum Gasteiger partial charge on any atom is 0.281 e. The van der Waals surface area contributed by atoms with E-state index in [-0.39, 0.29) is 5.56 Å². The lowest BCUT2D eigenvalue weighted by Crippen LogP contribution is -2.29. The molecule has 2 rings (SSSR count). The fraction of sp³-hybridized carbons (Fsp3) is 0.294. The summed E-state index contributed by atoms with van der Waals surface area (Å²) in [6.45, 7) is 0. The van der Waals surface area contributed by atoms with E-state index in [1.165, 1.54) is 12.1 Å². The summed E-state index contributed by atoms with van der Waals surface area (Å²) in [7, 11) is 3.63.